The second-order valence-corrected chi connectivity index (χ2v) is 7.81. The van der Waals surface area contributed by atoms with Crippen molar-refractivity contribution in [3.63, 3.8) is 0 Å². The average molecular weight is 474 g/mol. The van der Waals surface area contributed by atoms with Crippen molar-refractivity contribution in [2.75, 3.05) is 26.2 Å². The van der Waals surface area contributed by atoms with Crippen molar-refractivity contribution in [1.82, 2.24) is 15.5 Å². The number of aliphatic imine (C=N–C) groups is 1. The van der Waals surface area contributed by atoms with Crippen LogP contribution in [-0.4, -0.2) is 48.7 Å². The molecular weight excluding hydrogens is 439 g/mol. The Bertz CT molecular complexity index is 571. The molecule has 0 spiro atoms. The van der Waals surface area contributed by atoms with Gasteiger partial charge in [-0.05, 0) is 45.7 Å². The number of benzene rings is 1. The maximum Gasteiger partial charge on any atom is 0.191 e. The molecule has 2 rings (SSSR count). The lowest BCUT2D eigenvalue weighted by Crippen LogP contribution is -2.47. The van der Waals surface area contributed by atoms with Gasteiger partial charge >= 0.3 is 0 Å². The van der Waals surface area contributed by atoms with E-state index in [-0.39, 0.29) is 29.5 Å². The van der Waals surface area contributed by atoms with E-state index in [0.717, 1.165) is 38.7 Å². The molecule has 148 valence electrons. The molecule has 0 aliphatic carbocycles. The van der Waals surface area contributed by atoms with E-state index in [0.29, 0.717) is 12.6 Å². The summed E-state index contributed by atoms with van der Waals surface area (Å²) in [6.45, 7) is 16.0. The van der Waals surface area contributed by atoms with Gasteiger partial charge in [-0.15, -0.1) is 24.0 Å². The molecule has 1 fully saturated rings. The van der Waals surface area contributed by atoms with Crippen LogP contribution in [0.15, 0.2) is 29.3 Å². The van der Waals surface area contributed by atoms with Gasteiger partial charge in [0.25, 0.3) is 0 Å². The highest BCUT2D eigenvalue weighted by Gasteiger charge is 2.16. The van der Waals surface area contributed by atoms with Crippen LogP contribution in [0.25, 0.3) is 0 Å². The number of morpholine rings is 1. The van der Waals surface area contributed by atoms with Crippen LogP contribution < -0.4 is 10.6 Å². The van der Waals surface area contributed by atoms with Crippen LogP contribution in [0, 0.1) is 0 Å². The van der Waals surface area contributed by atoms with Crippen molar-refractivity contribution in [2.24, 2.45) is 4.99 Å². The zero-order valence-corrected chi connectivity index (χ0v) is 19.2. The molecule has 2 N–H and O–H groups in total. The Morgan fingerprint density at radius 3 is 2.69 bits per heavy atom. The monoisotopic (exact) mass is 474 g/mol. The highest BCUT2D eigenvalue weighted by atomic mass is 127. The summed E-state index contributed by atoms with van der Waals surface area (Å²) in [7, 11) is 0. The average Bonchev–Trinajstić information content (AvgIpc) is 2.52. The minimum absolute atomic E-state index is 0. The Balaban J connectivity index is 0.00000338. The predicted octanol–water partition coefficient (Wildman–Crippen LogP) is 3.38. The Morgan fingerprint density at radius 2 is 2.04 bits per heavy atom. The van der Waals surface area contributed by atoms with Gasteiger partial charge in [0, 0.05) is 31.7 Å². The molecule has 0 bridgehead atoms. The summed E-state index contributed by atoms with van der Waals surface area (Å²) in [4.78, 5) is 7.19. The van der Waals surface area contributed by atoms with E-state index in [1.165, 1.54) is 11.1 Å². The van der Waals surface area contributed by atoms with Crippen molar-refractivity contribution >= 4 is 29.9 Å². The smallest absolute Gasteiger partial charge is 0.191 e. The maximum atomic E-state index is 5.62. The molecule has 1 aliphatic heterocycles. The third-order valence-electron chi connectivity index (χ3n) is 3.98. The van der Waals surface area contributed by atoms with Crippen LogP contribution in [0.1, 0.15) is 45.7 Å². The van der Waals surface area contributed by atoms with E-state index in [1.54, 1.807) is 0 Å². The quantitative estimate of drug-likeness (QED) is 0.391. The van der Waals surface area contributed by atoms with Crippen LogP contribution in [0.5, 0.6) is 0 Å². The first-order valence-electron chi connectivity index (χ1n) is 9.34. The van der Waals surface area contributed by atoms with E-state index in [9.17, 15) is 0 Å². The second-order valence-electron chi connectivity index (χ2n) is 7.81. The third-order valence-corrected chi connectivity index (χ3v) is 3.98. The number of halogens is 1. The summed E-state index contributed by atoms with van der Waals surface area (Å²) in [6, 6.07) is 8.75. The number of nitrogens with one attached hydrogen (secondary N) is 2. The minimum atomic E-state index is -0.00409. The highest BCUT2D eigenvalue weighted by molar-refractivity contribution is 14.0. The zero-order valence-electron chi connectivity index (χ0n) is 16.8. The largest absolute Gasteiger partial charge is 0.376 e. The molecule has 6 heteroatoms. The van der Waals surface area contributed by atoms with Crippen LogP contribution >= 0.6 is 24.0 Å². The number of rotatable bonds is 5. The van der Waals surface area contributed by atoms with Gasteiger partial charge < -0.3 is 15.4 Å². The normalized spacial score (nSPS) is 19.0. The van der Waals surface area contributed by atoms with Gasteiger partial charge in [0.1, 0.15) is 0 Å². The highest BCUT2D eigenvalue weighted by Crippen LogP contribution is 2.13. The molecular formula is C20H35IN4O. The predicted molar refractivity (Wildman–Crippen MR) is 120 cm³/mol. The molecule has 0 radical (unpaired) electrons. The molecule has 26 heavy (non-hydrogen) atoms. The van der Waals surface area contributed by atoms with Gasteiger partial charge in [-0.3, -0.25) is 4.90 Å². The summed E-state index contributed by atoms with van der Waals surface area (Å²) < 4.78 is 5.62. The van der Waals surface area contributed by atoms with Crippen LogP contribution in [0.3, 0.4) is 0 Å². The Kier molecular flexibility index (Phi) is 9.89. The maximum absolute atomic E-state index is 5.62. The molecule has 5 nitrogen and oxygen atoms in total. The summed E-state index contributed by atoms with van der Waals surface area (Å²) >= 11 is 0. The molecule has 1 atom stereocenters. The van der Waals surface area contributed by atoms with Gasteiger partial charge in [-0.1, -0.05) is 24.3 Å². The van der Waals surface area contributed by atoms with E-state index >= 15 is 0 Å². The van der Waals surface area contributed by atoms with Gasteiger partial charge in [0.05, 0.1) is 19.3 Å². The van der Waals surface area contributed by atoms with Crippen LogP contribution in [0.4, 0.5) is 0 Å². The molecule has 1 heterocycles. The first-order valence-corrected chi connectivity index (χ1v) is 9.34. The minimum Gasteiger partial charge on any atom is -0.376 e. The van der Waals surface area contributed by atoms with Crippen LogP contribution in [0.2, 0.25) is 0 Å². The molecule has 0 saturated carbocycles. The topological polar surface area (TPSA) is 48.9 Å². The zero-order chi connectivity index (χ0) is 18.3. The van der Waals surface area contributed by atoms with E-state index < -0.39 is 0 Å². The summed E-state index contributed by atoms with van der Waals surface area (Å²) in [6.07, 6.45) is 0.327. The number of ether oxygens (including phenoxy) is 1. The lowest BCUT2D eigenvalue weighted by atomic mass is 10.1. The van der Waals surface area contributed by atoms with Crippen molar-refractivity contribution in [3.05, 3.63) is 35.4 Å². The third kappa shape index (κ3) is 8.68. The lowest BCUT2D eigenvalue weighted by Gasteiger charge is -2.31. The summed E-state index contributed by atoms with van der Waals surface area (Å²) in [5, 5.41) is 6.74. The molecule has 1 aromatic carbocycles. The van der Waals surface area contributed by atoms with Crippen LogP contribution in [-0.2, 0) is 17.8 Å². The number of hydrogen-bond acceptors (Lipinski definition) is 3. The Hall–Kier alpha value is -0.860. The summed E-state index contributed by atoms with van der Waals surface area (Å²) in [5.74, 6) is 0.863. The van der Waals surface area contributed by atoms with Crippen molar-refractivity contribution in [3.8, 4) is 0 Å². The number of hydrogen-bond donors (Lipinski definition) is 2. The SMILES string of the molecule is CCNC(=NCc1cccc(CN2CCOC(C)C2)c1)NC(C)(C)C.I. The van der Waals surface area contributed by atoms with Gasteiger partial charge in [0.15, 0.2) is 5.96 Å². The summed E-state index contributed by atoms with van der Waals surface area (Å²) in [5.41, 5.74) is 2.58. The van der Waals surface area contributed by atoms with E-state index in [4.69, 9.17) is 9.73 Å². The lowest BCUT2D eigenvalue weighted by molar-refractivity contribution is -0.0212. The molecule has 1 unspecified atom stereocenters. The van der Waals surface area contributed by atoms with Crippen molar-refractivity contribution in [2.45, 2.75) is 59.4 Å². The van der Waals surface area contributed by atoms with E-state index in [1.807, 2.05) is 0 Å². The first-order chi connectivity index (χ1) is 11.9. The Morgan fingerprint density at radius 1 is 1.31 bits per heavy atom. The van der Waals surface area contributed by atoms with Gasteiger partial charge in [0.2, 0.25) is 0 Å². The first kappa shape index (κ1) is 23.2. The number of guanidine groups is 1. The second kappa shape index (κ2) is 11.1. The van der Waals surface area contributed by atoms with Crippen molar-refractivity contribution < 1.29 is 4.74 Å². The Labute approximate surface area is 176 Å². The fourth-order valence-corrected chi connectivity index (χ4v) is 2.95. The van der Waals surface area contributed by atoms with E-state index in [2.05, 4.69) is 74.4 Å². The molecule has 0 amide bonds. The molecule has 0 aromatic heterocycles. The number of nitrogens with zero attached hydrogens (tertiary/aromatic N) is 2. The molecule has 1 aliphatic rings. The fraction of sp³-hybridized carbons (Fsp3) is 0.650. The molecule has 1 saturated heterocycles. The van der Waals surface area contributed by atoms with Crippen molar-refractivity contribution in [1.29, 1.82) is 0 Å². The molecule has 1 aromatic rings. The standard InChI is InChI=1S/C20H34N4O.HI/c1-6-21-19(23-20(3,4)5)22-13-17-8-7-9-18(12-17)15-24-10-11-25-16(2)14-24;/h7-9,12,16H,6,10-11,13-15H2,1-5H3,(H2,21,22,23);1H. The fourth-order valence-electron chi connectivity index (χ4n) is 2.95. The van der Waals surface area contributed by atoms with Gasteiger partial charge in [-0.2, -0.15) is 0 Å². The van der Waals surface area contributed by atoms with Gasteiger partial charge in [-0.25, -0.2) is 4.99 Å².